The van der Waals surface area contributed by atoms with Crippen LogP contribution in [-0.4, -0.2) is 18.9 Å². The van der Waals surface area contributed by atoms with E-state index in [0.29, 0.717) is 17.6 Å². The van der Waals surface area contributed by atoms with E-state index < -0.39 is 0 Å². The highest BCUT2D eigenvalue weighted by molar-refractivity contribution is 5.78. The molecule has 1 atom stereocenters. The zero-order valence-corrected chi connectivity index (χ0v) is 11.6. The first kappa shape index (κ1) is 14.7. The molecule has 0 amide bonds. The predicted molar refractivity (Wildman–Crippen MR) is 73.1 cm³/mol. The van der Waals surface area contributed by atoms with Crippen molar-refractivity contribution in [3.63, 3.8) is 0 Å². The van der Waals surface area contributed by atoms with Crippen LogP contribution < -0.4 is 5.32 Å². The third-order valence-electron chi connectivity index (χ3n) is 4.03. The van der Waals surface area contributed by atoms with E-state index >= 15 is 0 Å². The van der Waals surface area contributed by atoms with Crippen molar-refractivity contribution in [3.05, 3.63) is 0 Å². The lowest BCUT2D eigenvalue weighted by Crippen LogP contribution is -2.29. The largest absolute Gasteiger partial charge is 0.317 e. The second-order valence-electron chi connectivity index (χ2n) is 5.56. The van der Waals surface area contributed by atoms with Crippen LogP contribution in [0.5, 0.6) is 0 Å². The minimum Gasteiger partial charge on any atom is -0.317 e. The van der Waals surface area contributed by atoms with Crippen molar-refractivity contribution in [1.82, 2.24) is 5.32 Å². The highest BCUT2D eigenvalue weighted by Crippen LogP contribution is 2.22. The Balaban J connectivity index is 2.21. The van der Waals surface area contributed by atoms with Crippen LogP contribution in [0, 0.1) is 11.8 Å². The first-order valence-electron chi connectivity index (χ1n) is 7.48. The van der Waals surface area contributed by atoms with E-state index in [1.54, 1.807) is 0 Å². The van der Waals surface area contributed by atoms with E-state index in [9.17, 15) is 4.79 Å². The number of hydrogen-bond acceptors (Lipinski definition) is 2. The fourth-order valence-electron chi connectivity index (χ4n) is 2.76. The molecule has 1 aliphatic rings. The number of unbranched alkanes of at least 4 members (excludes halogenated alkanes) is 1. The summed E-state index contributed by atoms with van der Waals surface area (Å²) in [6.45, 7) is 6.65. The average Bonchev–Trinajstić information content (AvgIpc) is 2.35. The number of Topliss-reactive ketones (excluding diaryl/α,β-unsaturated/α-hetero) is 1. The Morgan fingerprint density at radius 2 is 2.00 bits per heavy atom. The average molecular weight is 239 g/mol. The fourth-order valence-corrected chi connectivity index (χ4v) is 2.76. The van der Waals surface area contributed by atoms with Crippen molar-refractivity contribution in [2.75, 3.05) is 13.1 Å². The van der Waals surface area contributed by atoms with E-state index in [2.05, 4.69) is 19.2 Å². The lowest BCUT2D eigenvalue weighted by Gasteiger charge is -2.22. The van der Waals surface area contributed by atoms with Gasteiger partial charge in [-0.05, 0) is 37.8 Å². The van der Waals surface area contributed by atoms with Gasteiger partial charge in [0.05, 0.1) is 0 Å². The molecular weight excluding hydrogens is 210 g/mol. The molecule has 0 aromatic heterocycles. The number of carbonyl (C=O) groups is 1. The smallest absolute Gasteiger partial charge is 0.133 e. The van der Waals surface area contributed by atoms with Crippen molar-refractivity contribution < 1.29 is 4.79 Å². The molecule has 1 rings (SSSR count). The van der Waals surface area contributed by atoms with Gasteiger partial charge in [0.2, 0.25) is 0 Å². The number of hydrogen-bond donors (Lipinski definition) is 1. The molecule has 2 heteroatoms. The molecule has 0 aromatic rings. The van der Waals surface area contributed by atoms with Gasteiger partial charge in [0, 0.05) is 12.8 Å². The van der Waals surface area contributed by atoms with Crippen LogP contribution in [0.2, 0.25) is 0 Å². The van der Waals surface area contributed by atoms with Crippen molar-refractivity contribution >= 4 is 5.78 Å². The van der Waals surface area contributed by atoms with Crippen LogP contribution >= 0.6 is 0 Å². The molecule has 0 spiro atoms. The van der Waals surface area contributed by atoms with Gasteiger partial charge in [-0.15, -0.1) is 0 Å². The Hall–Kier alpha value is -0.370. The summed E-state index contributed by atoms with van der Waals surface area (Å²) >= 11 is 0. The molecule has 0 bridgehead atoms. The molecule has 1 N–H and O–H groups in total. The lowest BCUT2D eigenvalue weighted by molar-refractivity contribution is -0.121. The Morgan fingerprint density at radius 3 is 2.59 bits per heavy atom. The van der Waals surface area contributed by atoms with Crippen LogP contribution in [0.3, 0.4) is 0 Å². The summed E-state index contributed by atoms with van der Waals surface area (Å²) < 4.78 is 0. The zero-order chi connectivity index (χ0) is 12.5. The maximum Gasteiger partial charge on any atom is 0.133 e. The number of ketones is 1. The minimum absolute atomic E-state index is 0.514. The number of rotatable bonds is 8. The van der Waals surface area contributed by atoms with Crippen molar-refractivity contribution in [2.24, 2.45) is 11.8 Å². The second kappa shape index (κ2) is 8.68. The van der Waals surface area contributed by atoms with Gasteiger partial charge < -0.3 is 5.32 Å². The standard InChI is InChI=1S/C15H29NO/c1-3-5-6-13(4-2)11-15(17)12-14-7-9-16-10-8-14/h13-14,16H,3-12H2,1-2H3. The van der Waals surface area contributed by atoms with Gasteiger partial charge in [-0.3, -0.25) is 4.79 Å². The molecule has 1 aliphatic heterocycles. The molecule has 100 valence electrons. The van der Waals surface area contributed by atoms with Gasteiger partial charge >= 0.3 is 0 Å². The molecule has 1 unspecified atom stereocenters. The van der Waals surface area contributed by atoms with E-state index in [4.69, 9.17) is 0 Å². The monoisotopic (exact) mass is 239 g/mol. The molecule has 0 radical (unpaired) electrons. The Morgan fingerprint density at radius 1 is 1.29 bits per heavy atom. The first-order chi connectivity index (χ1) is 8.26. The summed E-state index contributed by atoms with van der Waals surface area (Å²) in [5.41, 5.74) is 0. The van der Waals surface area contributed by atoms with Crippen LogP contribution in [0.15, 0.2) is 0 Å². The second-order valence-corrected chi connectivity index (χ2v) is 5.56. The molecule has 2 nitrogen and oxygen atoms in total. The van der Waals surface area contributed by atoms with Crippen LogP contribution in [0.25, 0.3) is 0 Å². The van der Waals surface area contributed by atoms with Gasteiger partial charge in [0.1, 0.15) is 5.78 Å². The summed E-state index contributed by atoms with van der Waals surface area (Å²) in [6, 6.07) is 0. The summed E-state index contributed by atoms with van der Waals surface area (Å²) in [4.78, 5) is 12.0. The highest BCUT2D eigenvalue weighted by Gasteiger charge is 2.18. The van der Waals surface area contributed by atoms with Crippen molar-refractivity contribution in [3.8, 4) is 0 Å². The molecule has 0 aromatic carbocycles. The normalized spacial score (nSPS) is 19.2. The van der Waals surface area contributed by atoms with Gasteiger partial charge in [-0.25, -0.2) is 0 Å². The fraction of sp³-hybridized carbons (Fsp3) is 0.933. The molecule has 1 fully saturated rings. The topological polar surface area (TPSA) is 29.1 Å². The lowest BCUT2D eigenvalue weighted by atomic mass is 9.87. The van der Waals surface area contributed by atoms with E-state index in [1.807, 2.05) is 0 Å². The summed E-state index contributed by atoms with van der Waals surface area (Å²) in [5, 5.41) is 3.36. The van der Waals surface area contributed by atoms with Crippen LogP contribution in [0.4, 0.5) is 0 Å². The number of piperidine rings is 1. The SMILES string of the molecule is CCCCC(CC)CC(=O)CC1CCNCC1. The Labute approximate surface area is 107 Å². The molecular formula is C15H29NO. The van der Waals surface area contributed by atoms with Gasteiger partial charge in [0.25, 0.3) is 0 Å². The summed E-state index contributed by atoms with van der Waals surface area (Å²) in [6.07, 6.45) is 8.99. The van der Waals surface area contributed by atoms with Gasteiger partial charge in [0.15, 0.2) is 0 Å². The van der Waals surface area contributed by atoms with Crippen molar-refractivity contribution in [1.29, 1.82) is 0 Å². The summed E-state index contributed by atoms with van der Waals surface area (Å²) in [7, 11) is 0. The molecule has 0 aliphatic carbocycles. The highest BCUT2D eigenvalue weighted by atomic mass is 16.1. The van der Waals surface area contributed by atoms with Crippen LogP contribution in [-0.2, 0) is 4.79 Å². The molecule has 17 heavy (non-hydrogen) atoms. The third kappa shape index (κ3) is 6.21. The van der Waals surface area contributed by atoms with Crippen molar-refractivity contribution in [2.45, 2.75) is 65.2 Å². The van der Waals surface area contributed by atoms with E-state index in [-0.39, 0.29) is 0 Å². The maximum atomic E-state index is 12.0. The first-order valence-corrected chi connectivity index (χ1v) is 7.48. The zero-order valence-electron chi connectivity index (χ0n) is 11.6. The molecule has 0 saturated carbocycles. The molecule has 1 saturated heterocycles. The maximum absolute atomic E-state index is 12.0. The van der Waals surface area contributed by atoms with E-state index in [0.717, 1.165) is 32.4 Å². The Bertz CT molecular complexity index is 209. The van der Waals surface area contributed by atoms with Gasteiger partial charge in [-0.1, -0.05) is 39.5 Å². The Kier molecular flexibility index (Phi) is 7.50. The number of carbonyl (C=O) groups excluding carboxylic acids is 1. The van der Waals surface area contributed by atoms with Gasteiger partial charge in [-0.2, -0.15) is 0 Å². The van der Waals surface area contributed by atoms with E-state index in [1.165, 1.54) is 32.1 Å². The quantitative estimate of drug-likeness (QED) is 0.702. The summed E-state index contributed by atoms with van der Waals surface area (Å²) in [5.74, 6) is 1.82. The third-order valence-corrected chi connectivity index (χ3v) is 4.03. The van der Waals surface area contributed by atoms with Crippen LogP contribution in [0.1, 0.15) is 65.2 Å². The predicted octanol–water partition coefficient (Wildman–Crippen LogP) is 3.55. The minimum atomic E-state index is 0.514. The number of nitrogens with one attached hydrogen (secondary N) is 1. The molecule has 1 heterocycles.